The molecule has 0 fully saturated rings. The second kappa shape index (κ2) is 22.8. The topological polar surface area (TPSA) is 36.9 Å². The fourth-order valence-electron chi connectivity index (χ4n) is 7.19. The first-order chi connectivity index (χ1) is 27.2. The normalized spacial score (nSPS) is 14.2. The highest BCUT2D eigenvalue weighted by Gasteiger charge is 2.46. The summed E-state index contributed by atoms with van der Waals surface area (Å²) in [6, 6.07) is 50.4. The van der Waals surface area contributed by atoms with Gasteiger partial charge in [0.05, 0.1) is 87.8 Å². The summed E-state index contributed by atoms with van der Waals surface area (Å²) in [5, 5.41) is 0. The largest absolute Gasteiger partial charge is 0.373 e. The van der Waals surface area contributed by atoms with Crippen LogP contribution in [-0.4, -0.2) is 64.2 Å². The second-order valence-electron chi connectivity index (χ2n) is 15.5. The van der Waals surface area contributed by atoms with E-state index in [0.29, 0.717) is 52.9 Å². The van der Waals surface area contributed by atoms with E-state index in [2.05, 4.69) is 149 Å². The Morgan fingerprint density at radius 3 is 0.839 bits per heavy atom. The van der Waals surface area contributed by atoms with Crippen LogP contribution in [0.15, 0.2) is 146 Å². The minimum atomic E-state index is -2.13. The molecular formula is C48H60B2O4P2+2. The zero-order valence-electron chi connectivity index (χ0n) is 33.9. The predicted octanol–water partition coefficient (Wildman–Crippen LogP) is 11.3. The molecule has 0 spiro atoms. The van der Waals surface area contributed by atoms with Crippen LogP contribution in [0.2, 0.25) is 0 Å². The third-order valence-corrected chi connectivity index (χ3v) is 20.1. The van der Waals surface area contributed by atoms with Crippen molar-refractivity contribution in [3.05, 3.63) is 179 Å². The minimum absolute atomic E-state index is 0.176. The predicted molar refractivity (Wildman–Crippen MR) is 241 cm³/mol. The van der Waals surface area contributed by atoms with Crippen molar-refractivity contribution in [3.63, 3.8) is 0 Å². The Balaban J connectivity index is 1.31. The van der Waals surface area contributed by atoms with E-state index >= 15 is 0 Å². The van der Waals surface area contributed by atoms with Gasteiger partial charge in [-0.05, 0) is 81.4 Å². The molecule has 0 N–H and O–H groups in total. The van der Waals surface area contributed by atoms with Crippen LogP contribution in [0.5, 0.6) is 0 Å². The first-order valence-corrected chi connectivity index (χ1v) is 24.4. The third kappa shape index (κ3) is 13.5. The summed E-state index contributed by atoms with van der Waals surface area (Å²) in [6.07, 6.45) is 1.60. The molecule has 4 atom stereocenters. The zero-order chi connectivity index (χ0) is 39.6. The van der Waals surface area contributed by atoms with Gasteiger partial charge in [-0.2, -0.15) is 0 Å². The van der Waals surface area contributed by atoms with E-state index in [-0.39, 0.29) is 22.6 Å². The average molecular weight is 785 g/mol. The highest BCUT2D eigenvalue weighted by Crippen LogP contribution is 2.67. The zero-order valence-corrected chi connectivity index (χ0v) is 35.7. The average Bonchev–Trinajstić information content (AvgIpc) is 3.22. The van der Waals surface area contributed by atoms with Crippen LogP contribution in [0.3, 0.4) is 0 Å². The number of benzene rings is 5. The van der Waals surface area contributed by atoms with Crippen molar-refractivity contribution in [2.75, 3.05) is 26.4 Å². The van der Waals surface area contributed by atoms with E-state index in [1.54, 1.807) is 0 Å². The minimum Gasteiger partial charge on any atom is -0.373 e. The second-order valence-corrected chi connectivity index (χ2v) is 23.7. The molecule has 290 valence electrons. The molecule has 56 heavy (non-hydrogen) atoms. The van der Waals surface area contributed by atoms with Crippen molar-refractivity contribution in [1.82, 2.24) is 0 Å². The molecule has 0 unspecified atom stereocenters. The number of rotatable bonds is 24. The van der Waals surface area contributed by atoms with E-state index in [0.717, 1.165) is 12.3 Å². The van der Waals surface area contributed by atoms with Crippen LogP contribution in [0.4, 0.5) is 0 Å². The van der Waals surface area contributed by atoms with Crippen molar-refractivity contribution < 1.29 is 18.9 Å². The Bertz CT molecular complexity index is 1580. The van der Waals surface area contributed by atoms with Gasteiger partial charge in [0.15, 0.2) is 0 Å². The van der Waals surface area contributed by atoms with E-state index in [1.165, 1.54) is 33.4 Å². The molecule has 0 bridgehead atoms. The summed E-state index contributed by atoms with van der Waals surface area (Å²) in [4.78, 5) is 0. The highest BCUT2D eigenvalue weighted by molar-refractivity contribution is 7.98. The lowest BCUT2D eigenvalue weighted by Gasteiger charge is -2.36. The van der Waals surface area contributed by atoms with Gasteiger partial charge in [-0.25, -0.2) is 0 Å². The summed E-state index contributed by atoms with van der Waals surface area (Å²) in [5.41, 5.74) is 7.86. The molecule has 4 nitrogen and oxygen atoms in total. The van der Waals surface area contributed by atoms with Crippen LogP contribution in [0.25, 0.3) is 0 Å². The Morgan fingerprint density at radius 1 is 0.357 bits per heavy atom. The fourth-order valence-corrected chi connectivity index (χ4v) is 13.4. The SMILES string of the molecule is [B][P+](Cc1cccc(C[P+]([B])([C@H](C)COCc2ccccc2)[C@H](C)COCc2ccccc2)c1)([C@H](C)COCc1ccccc1)[C@H](C)COCc1ccccc1. The van der Waals surface area contributed by atoms with Gasteiger partial charge in [0, 0.05) is 0 Å². The summed E-state index contributed by atoms with van der Waals surface area (Å²) in [5.74, 6) is 0. The lowest BCUT2D eigenvalue weighted by molar-refractivity contribution is 0.117. The maximum Gasteiger partial charge on any atom is 0.366 e. The molecule has 0 aromatic heterocycles. The highest BCUT2D eigenvalue weighted by atomic mass is 31.2. The van der Waals surface area contributed by atoms with Gasteiger partial charge < -0.3 is 18.9 Å². The Labute approximate surface area is 341 Å². The molecule has 0 aliphatic heterocycles. The smallest absolute Gasteiger partial charge is 0.366 e. The van der Waals surface area contributed by atoms with Crippen molar-refractivity contribution in [2.24, 2.45) is 0 Å². The molecule has 5 rings (SSSR count). The third-order valence-electron chi connectivity index (χ3n) is 11.1. The van der Waals surface area contributed by atoms with Crippen molar-refractivity contribution in [1.29, 1.82) is 0 Å². The lowest BCUT2D eigenvalue weighted by Crippen LogP contribution is -2.29. The van der Waals surface area contributed by atoms with Crippen LogP contribution >= 0.6 is 14.3 Å². The van der Waals surface area contributed by atoms with E-state index in [1.807, 2.05) is 24.3 Å². The summed E-state index contributed by atoms with van der Waals surface area (Å²) in [6.45, 7) is 13.7. The fraction of sp³-hybridized carbons (Fsp3) is 0.375. The molecule has 5 aromatic rings. The maximum absolute atomic E-state index is 7.66. The van der Waals surface area contributed by atoms with Gasteiger partial charge in [-0.15, -0.1) is 0 Å². The van der Waals surface area contributed by atoms with Crippen molar-refractivity contribution in [3.8, 4) is 0 Å². The first-order valence-electron chi connectivity index (χ1n) is 20.0. The molecule has 0 saturated heterocycles. The monoisotopic (exact) mass is 784 g/mol. The molecule has 0 amide bonds. The molecule has 4 radical (unpaired) electrons. The first kappa shape index (κ1) is 44.0. The standard InChI is InChI=1S/C48H60B2O4P2/c1-39(29-51-33-43-18-9-5-10-19-43)55(49,40(2)30-52-34-44-20-11-6-12-21-44)37-47-26-17-27-48(28-47)38-56(50,41(3)31-53-35-45-22-13-7-14-23-45)42(4)32-54-36-46-24-15-8-16-25-46/h5-28,39-42H,29-38H2,1-4H3/q+2/t39-,40-,41-,42-/m1/s1. The van der Waals surface area contributed by atoms with E-state index in [9.17, 15) is 0 Å². The summed E-state index contributed by atoms with van der Waals surface area (Å²) >= 11 is 0. The van der Waals surface area contributed by atoms with Crippen LogP contribution in [-0.2, 0) is 57.7 Å². The Kier molecular flexibility index (Phi) is 17.9. The van der Waals surface area contributed by atoms with E-state index < -0.39 is 14.3 Å². The van der Waals surface area contributed by atoms with Gasteiger partial charge in [0.1, 0.15) is 0 Å². The summed E-state index contributed by atoms with van der Waals surface area (Å²) in [7, 11) is 11.1. The molecule has 0 saturated carbocycles. The number of hydrogen-bond acceptors (Lipinski definition) is 4. The van der Waals surface area contributed by atoms with Gasteiger partial charge in [0.2, 0.25) is 0 Å². The maximum atomic E-state index is 7.66. The number of hydrogen-bond donors (Lipinski definition) is 0. The van der Waals surface area contributed by atoms with E-state index in [4.69, 9.17) is 34.1 Å². The molecule has 8 heteroatoms. The lowest BCUT2D eigenvalue weighted by atomic mass is 10.2. The quantitative estimate of drug-likeness (QED) is 0.0461. The van der Waals surface area contributed by atoms with Crippen molar-refractivity contribution >= 4 is 29.4 Å². The Morgan fingerprint density at radius 2 is 0.589 bits per heavy atom. The number of ether oxygens (including phenoxy) is 4. The van der Waals surface area contributed by atoms with Crippen LogP contribution in [0, 0.1) is 0 Å². The van der Waals surface area contributed by atoms with Crippen LogP contribution < -0.4 is 0 Å². The molecular weight excluding hydrogens is 724 g/mol. The van der Waals surface area contributed by atoms with Gasteiger partial charge in [-0.1, -0.05) is 140 Å². The molecule has 0 aliphatic carbocycles. The molecule has 0 aliphatic rings. The Hall–Kier alpha value is -3.07. The molecule has 5 aromatic carbocycles. The van der Waals surface area contributed by atoms with Crippen molar-refractivity contribution in [2.45, 2.75) is 89.1 Å². The van der Waals surface area contributed by atoms with Gasteiger partial charge in [0.25, 0.3) is 0 Å². The van der Waals surface area contributed by atoms with Crippen LogP contribution in [0.1, 0.15) is 61.1 Å². The molecule has 0 heterocycles. The summed E-state index contributed by atoms with van der Waals surface area (Å²) < 4.78 is 25.3. The van der Waals surface area contributed by atoms with Gasteiger partial charge >= 0.3 is 15.1 Å². The van der Waals surface area contributed by atoms with Gasteiger partial charge in [-0.3, -0.25) is 0 Å².